The lowest BCUT2D eigenvalue weighted by Gasteiger charge is -2.53. The number of rotatable bonds is 6. The normalized spacial score (nSPS) is 27.3. The van der Waals surface area contributed by atoms with Crippen molar-refractivity contribution in [1.29, 1.82) is 0 Å². The zero-order valence-electron chi connectivity index (χ0n) is 26.7. The third-order valence-corrected chi connectivity index (χ3v) is 12.3. The third kappa shape index (κ3) is 5.17. The Kier molecular flexibility index (Phi) is 7.24. The van der Waals surface area contributed by atoms with E-state index in [0.717, 1.165) is 83.6 Å². The van der Waals surface area contributed by atoms with Gasteiger partial charge in [-0.25, -0.2) is 14.6 Å². The summed E-state index contributed by atoms with van der Waals surface area (Å²) in [6, 6.07) is 19.8. The quantitative estimate of drug-likeness (QED) is 0.282. The van der Waals surface area contributed by atoms with Gasteiger partial charge in [0.2, 0.25) is 0 Å². The van der Waals surface area contributed by atoms with Gasteiger partial charge in [0.05, 0.1) is 11.4 Å². The van der Waals surface area contributed by atoms with E-state index in [9.17, 15) is 0 Å². The number of nitrogens with one attached hydrogen (secondary N) is 1. The average molecular weight is 619 g/mol. The van der Waals surface area contributed by atoms with Crippen LogP contribution in [0.25, 0.3) is 22.3 Å². The molecule has 240 valence electrons. The Bertz CT molecular complexity index is 1650. The van der Waals surface area contributed by atoms with E-state index in [1.54, 1.807) is 6.33 Å². The van der Waals surface area contributed by atoms with Gasteiger partial charge in [0.25, 0.3) is 0 Å². The van der Waals surface area contributed by atoms with Crippen molar-refractivity contribution in [2.24, 2.45) is 17.3 Å². The minimum Gasteiger partial charge on any atom is -0.457 e. The summed E-state index contributed by atoms with van der Waals surface area (Å²) in [6.45, 7) is 7.41. The monoisotopic (exact) mass is 618 g/mol. The van der Waals surface area contributed by atoms with Crippen molar-refractivity contribution in [3.63, 3.8) is 0 Å². The molecule has 4 aromatic rings. The molecule has 3 saturated heterocycles. The van der Waals surface area contributed by atoms with Crippen molar-refractivity contribution >= 4 is 16.9 Å². The molecule has 0 amide bonds. The molecule has 2 aromatic heterocycles. The number of ether oxygens (including phenoxy) is 1. The lowest BCUT2D eigenvalue weighted by atomic mass is 9.60. The molecule has 3 atom stereocenters. The maximum Gasteiger partial charge on any atom is 0.164 e. The lowest BCUT2D eigenvalue weighted by molar-refractivity contribution is -0.0151. The number of hydrogen-bond donors (Lipinski definition) is 2. The summed E-state index contributed by atoms with van der Waals surface area (Å²) in [5.41, 5.74) is 9.80. The molecule has 9 rings (SSSR count). The van der Waals surface area contributed by atoms with Crippen molar-refractivity contribution in [2.75, 3.05) is 45.0 Å². The van der Waals surface area contributed by atoms with Crippen molar-refractivity contribution in [3.8, 4) is 22.8 Å². The summed E-state index contributed by atoms with van der Waals surface area (Å²) in [7, 11) is 0. The van der Waals surface area contributed by atoms with E-state index >= 15 is 0 Å². The van der Waals surface area contributed by atoms with Crippen LogP contribution < -0.4 is 15.8 Å². The van der Waals surface area contributed by atoms with Crippen LogP contribution in [0.2, 0.25) is 0 Å². The van der Waals surface area contributed by atoms with E-state index in [4.69, 9.17) is 20.6 Å². The molecule has 2 saturated carbocycles. The van der Waals surface area contributed by atoms with Crippen LogP contribution >= 0.6 is 0 Å². The molecular weight excluding hydrogens is 572 g/mol. The van der Waals surface area contributed by atoms with E-state index in [0.29, 0.717) is 17.3 Å². The number of nitrogens with two attached hydrogens (primary N) is 1. The number of fused-ring (bicyclic) bond motifs is 2. The van der Waals surface area contributed by atoms with Crippen LogP contribution in [0.4, 0.5) is 5.82 Å². The molecule has 9 nitrogen and oxygen atoms in total. The zero-order chi connectivity index (χ0) is 30.7. The maximum absolute atomic E-state index is 6.45. The second-order valence-corrected chi connectivity index (χ2v) is 14.9. The molecule has 3 N–H and O–H groups in total. The fraction of sp³-hybridized carbons (Fsp3) is 0.541. The number of anilines is 1. The number of benzene rings is 2. The summed E-state index contributed by atoms with van der Waals surface area (Å²) >= 11 is 0. The Morgan fingerprint density at radius 2 is 1.48 bits per heavy atom. The minimum absolute atomic E-state index is 0.305. The molecule has 0 radical (unpaired) electrons. The molecule has 3 aliphatic heterocycles. The number of piperidine rings is 2. The Morgan fingerprint density at radius 3 is 2.20 bits per heavy atom. The summed E-state index contributed by atoms with van der Waals surface area (Å²) < 4.78 is 8.16. The lowest BCUT2D eigenvalue weighted by Crippen LogP contribution is -2.54. The van der Waals surface area contributed by atoms with Crippen molar-refractivity contribution in [1.82, 2.24) is 34.9 Å². The van der Waals surface area contributed by atoms with Gasteiger partial charge >= 0.3 is 0 Å². The third-order valence-electron chi connectivity index (χ3n) is 12.3. The highest BCUT2D eigenvalue weighted by atomic mass is 16.5. The molecule has 1 unspecified atom stereocenters. The van der Waals surface area contributed by atoms with Gasteiger partial charge in [0.1, 0.15) is 29.3 Å². The van der Waals surface area contributed by atoms with Crippen LogP contribution in [0.1, 0.15) is 57.4 Å². The maximum atomic E-state index is 6.45. The van der Waals surface area contributed by atoms with Gasteiger partial charge in [-0.05, 0) is 118 Å². The molecule has 9 heteroatoms. The highest BCUT2D eigenvalue weighted by molar-refractivity contribution is 5.98. The molecule has 1 spiro atoms. The summed E-state index contributed by atoms with van der Waals surface area (Å²) in [5, 5.41) is 9.56. The molecular formula is C37H46N8O. The topological polar surface area (TPSA) is 97.4 Å². The molecule has 5 heterocycles. The van der Waals surface area contributed by atoms with Crippen LogP contribution in [0.3, 0.4) is 0 Å². The summed E-state index contributed by atoms with van der Waals surface area (Å²) in [6.07, 6.45) is 12.2. The van der Waals surface area contributed by atoms with Crippen LogP contribution in [0.5, 0.6) is 11.5 Å². The molecule has 2 aromatic carbocycles. The van der Waals surface area contributed by atoms with E-state index in [1.807, 2.05) is 54.6 Å². The van der Waals surface area contributed by atoms with Crippen LogP contribution in [0.15, 0.2) is 60.9 Å². The standard InChI is InChI=1S/C37H46N8O/c38-35-33-34(25-6-8-32(9-7-25)46-31-4-2-1-3-5-31)42-45(36(33)41-24-40-35)28-10-16-43(17-11-28)29-18-26-22-44(23-27(26)19-29)30-20-37(21-30)12-14-39-15-13-37/h1-9,24,26-30,39H,10-23H2,(H2,38,40,41)/t26-,27+,29?. The Labute approximate surface area is 271 Å². The van der Waals surface area contributed by atoms with Crippen LogP contribution in [0, 0.1) is 17.3 Å². The molecule has 5 aliphatic rings. The summed E-state index contributed by atoms with van der Waals surface area (Å²) in [4.78, 5) is 14.7. The van der Waals surface area contributed by atoms with Gasteiger partial charge in [-0.3, -0.25) is 4.90 Å². The molecule has 0 bridgehead atoms. The second kappa shape index (κ2) is 11.6. The first-order valence-corrected chi connectivity index (χ1v) is 17.6. The van der Waals surface area contributed by atoms with Gasteiger partial charge in [0.15, 0.2) is 5.65 Å². The fourth-order valence-electron chi connectivity index (χ4n) is 9.72. The number of nitrogens with zero attached hydrogens (tertiary/aromatic N) is 6. The Morgan fingerprint density at radius 1 is 0.783 bits per heavy atom. The van der Waals surface area contributed by atoms with Crippen molar-refractivity contribution < 1.29 is 4.74 Å². The van der Waals surface area contributed by atoms with Crippen molar-refractivity contribution in [3.05, 3.63) is 60.9 Å². The highest BCUT2D eigenvalue weighted by Crippen LogP contribution is 2.52. The van der Waals surface area contributed by atoms with Crippen molar-refractivity contribution in [2.45, 2.75) is 69.5 Å². The Hall–Kier alpha value is -3.53. The predicted octanol–water partition coefficient (Wildman–Crippen LogP) is 5.75. The number of hydrogen-bond acceptors (Lipinski definition) is 8. The highest BCUT2D eigenvalue weighted by Gasteiger charge is 2.51. The Balaban J connectivity index is 0.841. The number of aromatic nitrogens is 4. The molecule has 2 aliphatic carbocycles. The van der Waals surface area contributed by atoms with E-state index in [2.05, 4.69) is 24.8 Å². The first-order valence-electron chi connectivity index (χ1n) is 17.6. The second-order valence-electron chi connectivity index (χ2n) is 14.9. The summed E-state index contributed by atoms with van der Waals surface area (Å²) in [5.74, 6) is 3.87. The molecule has 5 fully saturated rings. The van der Waals surface area contributed by atoms with Gasteiger partial charge in [-0.2, -0.15) is 5.10 Å². The number of likely N-dealkylation sites (tertiary alicyclic amines) is 2. The number of para-hydroxylation sites is 1. The average Bonchev–Trinajstić information content (AvgIpc) is 3.78. The van der Waals surface area contributed by atoms with Gasteiger partial charge in [-0.15, -0.1) is 0 Å². The SMILES string of the molecule is Nc1ncnc2c1c(-c1ccc(Oc3ccccc3)cc1)nn2C1CCN(C2C[C@@H]3CN(C4CC5(CCNCC5)C4)C[C@@H]3C2)CC1. The van der Waals surface area contributed by atoms with Crippen LogP contribution in [-0.4, -0.2) is 80.9 Å². The van der Waals surface area contributed by atoms with Gasteiger partial charge in [-0.1, -0.05) is 18.2 Å². The molecule has 46 heavy (non-hydrogen) atoms. The fourth-order valence-corrected chi connectivity index (χ4v) is 9.72. The predicted molar refractivity (Wildman–Crippen MR) is 181 cm³/mol. The smallest absolute Gasteiger partial charge is 0.164 e. The van der Waals surface area contributed by atoms with E-state index in [1.165, 1.54) is 64.7 Å². The first kappa shape index (κ1) is 28.7. The van der Waals surface area contributed by atoms with Gasteiger partial charge in [0, 0.05) is 43.8 Å². The number of nitrogen functional groups attached to an aromatic ring is 1. The van der Waals surface area contributed by atoms with Gasteiger partial charge < -0.3 is 20.7 Å². The van der Waals surface area contributed by atoms with E-state index in [-0.39, 0.29) is 0 Å². The largest absolute Gasteiger partial charge is 0.457 e. The minimum atomic E-state index is 0.305. The zero-order valence-corrected chi connectivity index (χ0v) is 26.7. The van der Waals surface area contributed by atoms with Crippen LogP contribution in [-0.2, 0) is 0 Å². The first-order chi connectivity index (χ1) is 22.6. The van der Waals surface area contributed by atoms with E-state index < -0.39 is 0 Å².